The Hall–Kier alpha value is -1.58. The van der Waals surface area contributed by atoms with Crippen LogP contribution in [0.15, 0.2) is 25.3 Å². The van der Waals surface area contributed by atoms with E-state index >= 15 is 0 Å². The second-order valence-electron chi connectivity index (χ2n) is 1.89. The molecule has 0 bridgehead atoms. The van der Waals surface area contributed by atoms with Crippen LogP contribution in [0.4, 0.5) is 0 Å². The molecule has 0 spiro atoms. The van der Waals surface area contributed by atoms with Gasteiger partial charge in [0.25, 0.3) is 0 Å². The van der Waals surface area contributed by atoms with E-state index in [9.17, 15) is 9.59 Å². The molecule has 0 amide bonds. The molecular formula is C7H8O4. The molecule has 0 saturated carbocycles. The van der Waals surface area contributed by atoms with Crippen LogP contribution in [0.3, 0.4) is 0 Å². The van der Waals surface area contributed by atoms with E-state index in [4.69, 9.17) is 10.2 Å². The monoisotopic (exact) mass is 156 g/mol. The van der Waals surface area contributed by atoms with Crippen LogP contribution < -0.4 is 0 Å². The lowest BCUT2D eigenvalue weighted by Gasteiger charge is -2.14. The molecule has 11 heavy (non-hydrogen) atoms. The largest absolute Gasteiger partial charge is 0.480 e. The lowest BCUT2D eigenvalue weighted by Crippen LogP contribution is -2.34. The summed E-state index contributed by atoms with van der Waals surface area (Å²) in [6.07, 6.45) is 1.65. The Morgan fingerprint density at radius 1 is 1.09 bits per heavy atom. The Labute approximate surface area is 63.5 Å². The van der Waals surface area contributed by atoms with Gasteiger partial charge < -0.3 is 10.2 Å². The van der Waals surface area contributed by atoms with Crippen molar-refractivity contribution in [3.8, 4) is 0 Å². The molecule has 0 aromatic heterocycles. The Morgan fingerprint density at radius 3 is 1.36 bits per heavy atom. The van der Waals surface area contributed by atoms with Crippen molar-refractivity contribution in [2.45, 2.75) is 0 Å². The molecule has 0 rings (SSSR count). The number of carbonyl (C=O) groups is 2. The van der Waals surface area contributed by atoms with E-state index < -0.39 is 17.4 Å². The maximum atomic E-state index is 10.4. The molecule has 0 heterocycles. The summed E-state index contributed by atoms with van der Waals surface area (Å²) in [5, 5.41) is 16.9. The quantitative estimate of drug-likeness (QED) is 0.459. The Balaban J connectivity index is 5.07. The van der Waals surface area contributed by atoms with Gasteiger partial charge in [0, 0.05) is 0 Å². The molecule has 0 unspecified atom stereocenters. The molecule has 0 saturated heterocycles. The van der Waals surface area contributed by atoms with Crippen LogP contribution in [-0.2, 0) is 9.59 Å². The molecule has 4 heteroatoms. The fourth-order valence-electron chi connectivity index (χ4n) is 0.524. The standard InChI is InChI=1S/C7H8O4/c1-3-7(4-2,5(8)9)6(10)11/h3-4H,1-2H2,(H,8,9)(H,10,11). The minimum absolute atomic E-state index is 0.824. The van der Waals surface area contributed by atoms with Gasteiger partial charge in [0.15, 0.2) is 5.41 Å². The van der Waals surface area contributed by atoms with Crippen LogP contribution >= 0.6 is 0 Å². The van der Waals surface area contributed by atoms with Crippen molar-refractivity contribution in [1.29, 1.82) is 0 Å². The van der Waals surface area contributed by atoms with E-state index in [0.717, 1.165) is 12.2 Å². The van der Waals surface area contributed by atoms with Gasteiger partial charge in [-0.1, -0.05) is 12.2 Å². The van der Waals surface area contributed by atoms with Crippen LogP contribution in [0.2, 0.25) is 0 Å². The minimum Gasteiger partial charge on any atom is -0.480 e. The molecule has 0 aliphatic heterocycles. The Morgan fingerprint density at radius 2 is 1.36 bits per heavy atom. The minimum atomic E-state index is -2.06. The second kappa shape index (κ2) is 3.01. The normalized spacial score (nSPS) is 10.2. The third kappa shape index (κ3) is 1.29. The molecule has 0 aromatic rings. The van der Waals surface area contributed by atoms with E-state index in [1.165, 1.54) is 0 Å². The lowest BCUT2D eigenvalue weighted by atomic mass is 9.89. The van der Waals surface area contributed by atoms with E-state index in [1.54, 1.807) is 0 Å². The van der Waals surface area contributed by atoms with Gasteiger partial charge >= 0.3 is 11.9 Å². The average molecular weight is 156 g/mol. The fourth-order valence-corrected chi connectivity index (χ4v) is 0.524. The SMILES string of the molecule is C=CC(C=C)(C(=O)O)C(=O)O. The van der Waals surface area contributed by atoms with Gasteiger partial charge in [-0.2, -0.15) is 0 Å². The summed E-state index contributed by atoms with van der Waals surface area (Å²) in [6.45, 7) is 6.23. The van der Waals surface area contributed by atoms with Gasteiger partial charge in [0.05, 0.1) is 0 Å². The number of aliphatic carboxylic acids is 2. The van der Waals surface area contributed by atoms with E-state index in [2.05, 4.69) is 13.2 Å². The highest BCUT2D eigenvalue weighted by atomic mass is 16.4. The number of carboxylic acid groups (broad SMARTS) is 2. The molecule has 0 aliphatic carbocycles. The molecular weight excluding hydrogens is 148 g/mol. The van der Waals surface area contributed by atoms with Gasteiger partial charge in [-0.3, -0.25) is 9.59 Å². The zero-order valence-electron chi connectivity index (χ0n) is 5.78. The molecule has 2 N–H and O–H groups in total. The summed E-state index contributed by atoms with van der Waals surface area (Å²) < 4.78 is 0. The first-order valence-corrected chi connectivity index (χ1v) is 2.75. The molecule has 0 aromatic carbocycles. The second-order valence-corrected chi connectivity index (χ2v) is 1.89. The number of hydrogen-bond donors (Lipinski definition) is 2. The maximum absolute atomic E-state index is 10.4. The van der Waals surface area contributed by atoms with E-state index in [1.807, 2.05) is 0 Å². The Bertz CT molecular complexity index is 192. The average Bonchev–Trinajstić information content (AvgIpc) is 1.90. The highest BCUT2D eigenvalue weighted by Crippen LogP contribution is 2.20. The molecule has 0 radical (unpaired) electrons. The van der Waals surface area contributed by atoms with Gasteiger partial charge in [-0.15, -0.1) is 13.2 Å². The van der Waals surface area contributed by atoms with Crippen LogP contribution in [0.25, 0.3) is 0 Å². The summed E-state index contributed by atoms with van der Waals surface area (Å²) in [6, 6.07) is 0. The predicted molar refractivity (Wildman–Crippen MR) is 38.1 cm³/mol. The molecule has 0 atom stereocenters. The molecule has 4 nitrogen and oxygen atoms in total. The summed E-state index contributed by atoms with van der Waals surface area (Å²) in [5.41, 5.74) is -2.06. The highest BCUT2D eigenvalue weighted by molar-refractivity contribution is 6.02. The zero-order chi connectivity index (χ0) is 9.07. The maximum Gasteiger partial charge on any atom is 0.328 e. The summed E-state index contributed by atoms with van der Waals surface area (Å²) in [7, 11) is 0. The zero-order valence-corrected chi connectivity index (χ0v) is 5.78. The van der Waals surface area contributed by atoms with Crippen LogP contribution in [-0.4, -0.2) is 22.2 Å². The summed E-state index contributed by atoms with van der Waals surface area (Å²) >= 11 is 0. The van der Waals surface area contributed by atoms with Crippen molar-refractivity contribution in [2.75, 3.05) is 0 Å². The summed E-state index contributed by atoms with van der Waals surface area (Å²) in [4.78, 5) is 20.8. The van der Waals surface area contributed by atoms with Crippen LogP contribution in [0.5, 0.6) is 0 Å². The highest BCUT2D eigenvalue weighted by Gasteiger charge is 2.40. The van der Waals surface area contributed by atoms with E-state index in [0.29, 0.717) is 0 Å². The predicted octanol–water partition coefficient (Wildman–Crippen LogP) is 0.514. The van der Waals surface area contributed by atoms with Gasteiger partial charge in [0.1, 0.15) is 0 Å². The fraction of sp³-hybridized carbons (Fsp3) is 0.143. The van der Waals surface area contributed by atoms with Crippen molar-refractivity contribution in [3.05, 3.63) is 25.3 Å². The third-order valence-electron chi connectivity index (χ3n) is 1.35. The van der Waals surface area contributed by atoms with Crippen LogP contribution in [0.1, 0.15) is 0 Å². The van der Waals surface area contributed by atoms with Crippen LogP contribution in [0, 0.1) is 5.41 Å². The molecule has 60 valence electrons. The first-order valence-electron chi connectivity index (χ1n) is 2.75. The van der Waals surface area contributed by atoms with E-state index in [-0.39, 0.29) is 0 Å². The van der Waals surface area contributed by atoms with Crippen molar-refractivity contribution >= 4 is 11.9 Å². The van der Waals surface area contributed by atoms with Crippen molar-refractivity contribution in [3.63, 3.8) is 0 Å². The van der Waals surface area contributed by atoms with Gasteiger partial charge in [-0.25, -0.2) is 0 Å². The van der Waals surface area contributed by atoms with Gasteiger partial charge in [0.2, 0.25) is 0 Å². The Kier molecular flexibility index (Phi) is 2.57. The summed E-state index contributed by atoms with van der Waals surface area (Å²) in [5.74, 6) is -2.98. The van der Waals surface area contributed by atoms with Crippen molar-refractivity contribution < 1.29 is 19.8 Å². The third-order valence-corrected chi connectivity index (χ3v) is 1.35. The number of rotatable bonds is 4. The number of carboxylic acids is 2. The smallest absolute Gasteiger partial charge is 0.328 e. The number of hydrogen-bond acceptors (Lipinski definition) is 2. The molecule has 0 fully saturated rings. The van der Waals surface area contributed by atoms with Gasteiger partial charge in [-0.05, 0) is 0 Å². The lowest BCUT2D eigenvalue weighted by molar-refractivity contribution is -0.157. The van der Waals surface area contributed by atoms with Crippen molar-refractivity contribution in [1.82, 2.24) is 0 Å². The topological polar surface area (TPSA) is 74.6 Å². The first kappa shape index (κ1) is 9.42. The van der Waals surface area contributed by atoms with Crippen molar-refractivity contribution in [2.24, 2.45) is 5.41 Å². The molecule has 0 aliphatic rings. The first-order chi connectivity index (χ1) is 5.01.